The summed E-state index contributed by atoms with van der Waals surface area (Å²) in [6.07, 6.45) is 4.77. The molecule has 8 nitrogen and oxygen atoms in total. The molecule has 1 aromatic carbocycles. The van der Waals surface area contributed by atoms with E-state index < -0.39 is 6.09 Å². The van der Waals surface area contributed by atoms with Crippen LogP contribution in [-0.4, -0.2) is 46.0 Å². The first-order valence-corrected chi connectivity index (χ1v) is 11.8. The lowest BCUT2D eigenvalue weighted by atomic mass is 10.0. The van der Waals surface area contributed by atoms with Crippen LogP contribution in [0.1, 0.15) is 29.7 Å². The smallest absolute Gasteiger partial charge is 0.413 e. The van der Waals surface area contributed by atoms with Crippen molar-refractivity contribution < 1.29 is 14.3 Å². The minimum absolute atomic E-state index is 0.0486. The second-order valence-corrected chi connectivity index (χ2v) is 8.84. The third-order valence-corrected chi connectivity index (χ3v) is 6.20. The number of thiazole rings is 1. The Kier molecular flexibility index (Phi) is 7.99. The highest BCUT2D eigenvalue weighted by Gasteiger charge is 2.21. The number of nitrogens with one attached hydrogen (secondary N) is 2. The molecule has 3 heterocycles. The molecule has 3 aromatic rings. The fourth-order valence-electron chi connectivity index (χ4n) is 3.72. The van der Waals surface area contributed by atoms with Gasteiger partial charge in [0, 0.05) is 49.0 Å². The van der Waals surface area contributed by atoms with Gasteiger partial charge < -0.3 is 10.1 Å². The van der Waals surface area contributed by atoms with Gasteiger partial charge in [-0.1, -0.05) is 36.4 Å². The zero-order chi connectivity index (χ0) is 22.9. The summed E-state index contributed by atoms with van der Waals surface area (Å²) in [7, 11) is 0. The summed E-state index contributed by atoms with van der Waals surface area (Å²) < 4.78 is 5.16. The molecule has 1 fully saturated rings. The molecule has 0 spiro atoms. The number of ether oxygens (including phenoxy) is 1. The van der Waals surface area contributed by atoms with E-state index in [1.807, 2.05) is 12.1 Å². The average Bonchev–Trinajstić information content (AvgIpc) is 3.26. The van der Waals surface area contributed by atoms with Crippen LogP contribution in [0, 0.1) is 0 Å². The zero-order valence-corrected chi connectivity index (χ0v) is 19.1. The summed E-state index contributed by atoms with van der Waals surface area (Å²) in [4.78, 5) is 35.1. The zero-order valence-electron chi connectivity index (χ0n) is 18.3. The number of aromatic nitrogens is 2. The van der Waals surface area contributed by atoms with Gasteiger partial charge in [-0.05, 0) is 24.5 Å². The molecule has 1 aliphatic rings. The van der Waals surface area contributed by atoms with Crippen molar-refractivity contribution in [1.29, 1.82) is 0 Å². The van der Waals surface area contributed by atoms with E-state index in [0.717, 1.165) is 38.0 Å². The van der Waals surface area contributed by atoms with Gasteiger partial charge in [0.25, 0.3) is 0 Å². The van der Waals surface area contributed by atoms with Crippen LogP contribution >= 0.6 is 11.3 Å². The van der Waals surface area contributed by atoms with E-state index in [4.69, 9.17) is 4.74 Å². The van der Waals surface area contributed by atoms with Gasteiger partial charge in [-0.25, -0.2) is 9.78 Å². The molecule has 0 radical (unpaired) electrons. The van der Waals surface area contributed by atoms with E-state index in [1.165, 1.54) is 16.9 Å². The molecular weight excluding hydrogens is 438 g/mol. The van der Waals surface area contributed by atoms with Crippen LogP contribution in [0.4, 0.5) is 9.93 Å². The topological polar surface area (TPSA) is 96.5 Å². The molecule has 33 heavy (non-hydrogen) atoms. The molecule has 0 aliphatic carbocycles. The number of carbonyl (C=O) groups excluding carboxylic acids is 2. The lowest BCUT2D eigenvalue weighted by Gasteiger charge is -2.32. The summed E-state index contributed by atoms with van der Waals surface area (Å²) in [6, 6.07) is 14.2. The van der Waals surface area contributed by atoms with Gasteiger partial charge in [-0.3, -0.25) is 20.0 Å². The third-order valence-electron chi connectivity index (χ3n) is 5.40. The van der Waals surface area contributed by atoms with Gasteiger partial charge in [0.2, 0.25) is 5.91 Å². The van der Waals surface area contributed by atoms with Crippen LogP contribution in [0.5, 0.6) is 0 Å². The summed E-state index contributed by atoms with van der Waals surface area (Å²) in [5, 5.41) is 7.90. The van der Waals surface area contributed by atoms with Crippen LogP contribution in [0.2, 0.25) is 0 Å². The van der Waals surface area contributed by atoms with Crippen molar-refractivity contribution in [3.05, 3.63) is 77.1 Å². The Labute approximate surface area is 197 Å². The first kappa shape index (κ1) is 22.9. The lowest BCUT2D eigenvalue weighted by molar-refractivity contribution is -0.121. The van der Waals surface area contributed by atoms with Gasteiger partial charge in [-0.2, -0.15) is 0 Å². The van der Waals surface area contributed by atoms with Crippen LogP contribution in [0.3, 0.4) is 0 Å². The number of benzene rings is 1. The molecule has 9 heteroatoms. The fraction of sp³-hybridized carbons (Fsp3) is 0.333. The SMILES string of the molecule is O=C(Cc1csc(NC(=O)OCc2cccnc2)n1)NC1CCN(Cc2ccccc2)CC1. The molecule has 1 aliphatic heterocycles. The van der Waals surface area contributed by atoms with E-state index in [1.54, 1.807) is 23.8 Å². The normalized spacial score (nSPS) is 14.5. The Morgan fingerprint density at radius 3 is 2.64 bits per heavy atom. The number of amides is 2. The number of hydrogen-bond acceptors (Lipinski definition) is 7. The predicted octanol–water partition coefficient (Wildman–Crippen LogP) is 3.61. The van der Waals surface area contributed by atoms with Crippen molar-refractivity contribution in [2.45, 2.75) is 38.5 Å². The molecule has 0 unspecified atom stereocenters. The summed E-state index contributed by atoms with van der Waals surface area (Å²) >= 11 is 1.27. The Balaban J connectivity index is 1.16. The van der Waals surface area contributed by atoms with E-state index in [-0.39, 0.29) is 25.0 Å². The van der Waals surface area contributed by atoms with Crippen LogP contribution in [0.15, 0.2) is 60.2 Å². The number of pyridine rings is 1. The van der Waals surface area contributed by atoms with E-state index in [2.05, 4.69) is 49.8 Å². The highest BCUT2D eigenvalue weighted by molar-refractivity contribution is 7.13. The summed E-state index contributed by atoms with van der Waals surface area (Å²) in [5.74, 6) is -0.0486. The number of nitrogens with zero attached hydrogens (tertiary/aromatic N) is 3. The molecular formula is C24H27N5O3S. The second-order valence-electron chi connectivity index (χ2n) is 7.99. The van der Waals surface area contributed by atoms with Gasteiger partial charge in [0.1, 0.15) is 6.61 Å². The van der Waals surface area contributed by atoms with Gasteiger partial charge >= 0.3 is 6.09 Å². The predicted molar refractivity (Wildman–Crippen MR) is 127 cm³/mol. The van der Waals surface area contributed by atoms with Crippen LogP contribution in [0.25, 0.3) is 0 Å². The van der Waals surface area contributed by atoms with Gasteiger partial charge in [0.15, 0.2) is 5.13 Å². The largest absolute Gasteiger partial charge is 0.444 e. The minimum Gasteiger partial charge on any atom is -0.444 e. The van der Waals surface area contributed by atoms with Gasteiger partial charge in [-0.15, -0.1) is 11.3 Å². The van der Waals surface area contributed by atoms with Crippen molar-refractivity contribution in [1.82, 2.24) is 20.2 Å². The summed E-state index contributed by atoms with van der Waals surface area (Å²) in [5.41, 5.74) is 2.74. The number of piperidine rings is 1. The molecule has 2 aromatic heterocycles. The maximum Gasteiger partial charge on any atom is 0.413 e. The quantitative estimate of drug-likeness (QED) is 0.528. The molecule has 1 saturated heterocycles. The standard InChI is InChI=1S/C24H27N5O3S/c30-22(26-20-8-11-29(12-9-20)15-18-5-2-1-3-6-18)13-21-17-33-23(27-21)28-24(31)32-16-19-7-4-10-25-14-19/h1-7,10,14,17,20H,8-9,11-13,15-16H2,(H,26,30)(H,27,28,31). The number of anilines is 1. The van der Waals surface area contributed by atoms with E-state index in [9.17, 15) is 9.59 Å². The molecule has 0 atom stereocenters. The Morgan fingerprint density at radius 1 is 1.09 bits per heavy atom. The van der Waals surface area contributed by atoms with Crippen molar-refractivity contribution in [2.75, 3.05) is 18.4 Å². The van der Waals surface area contributed by atoms with Crippen LogP contribution < -0.4 is 10.6 Å². The Bertz CT molecular complexity index is 1040. The molecule has 2 N–H and O–H groups in total. The third kappa shape index (κ3) is 7.37. The molecule has 4 rings (SSSR count). The average molecular weight is 466 g/mol. The van der Waals surface area contributed by atoms with E-state index in [0.29, 0.717) is 10.8 Å². The highest BCUT2D eigenvalue weighted by Crippen LogP contribution is 2.17. The Morgan fingerprint density at radius 2 is 1.88 bits per heavy atom. The van der Waals surface area contributed by atoms with Crippen molar-refractivity contribution in [2.24, 2.45) is 0 Å². The molecule has 172 valence electrons. The van der Waals surface area contributed by atoms with Crippen LogP contribution in [-0.2, 0) is 29.1 Å². The molecule has 0 bridgehead atoms. The maximum atomic E-state index is 12.5. The lowest BCUT2D eigenvalue weighted by Crippen LogP contribution is -2.44. The van der Waals surface area contributed by atoms with Crippen molar-refractivity contribution in [3.63, 3.8) is 0 Å². The summed E-state index contributed by atoms with van der Waals surface area (Å²) in [6.45, 7) is 3.00. The number of hydrogen-bond donors (Lipinski definition) is 2. The fourth-order valence-corrected chi connectivity index (χ4v) is 4.42. The number of likely N-dealkylation sites (tertiary alicyclic amines) is 1. The first-order chi connectivity index (χ1) is 16.1. The number of carbonyl (C=O) groups is 2. The number of rotatable bonds is 8. The monoisotopic (exact) mass is 465 g/mol. The molecule has 2 amide bonds. The minimum atomic E-state index is -0.591. The highest BCUT2D eigenvalue weighted by atomic mass is 32.1. The second kappa shape index (κ2) is 11.5. The Hall–Kier alpha value is -3.30. The maximum absolute atomic E-state index is 12.5. The van der Waals surface area contributed by atoms with Crippen molar-refractivity contribution >= 4 is 28.5 Å². The van der Waals surface area contributed by atoms with E-state index >= 15 is 0 Å². The van der Waals surface area contributed by atoms with Crippen molar-refractivity contribution in [3.8, 4) is 0 Å². The molecule has 0 saturated carbocycles. The van der Waals surface area contributed by atoms with Gasteiger partial charge in [0.05, 0.1) is 12.1 Å². The first-order valence-electron chi connectivity index (χ1n) is 11.0.